The number of carbonyl (C=O) groups excluding carboxylic acids is 2. The topological polar surface area (TPSA) is 94.8 Å². The van der Waals surface area contributed by atoms with Crippen molar-refractivity contribution in [2.75, 3.05) is 6.61 Å². The minimum atomic E-state index is -2.47. The maximum absolute atomic E-state index is 12.9. The van der Waals surface area contributed by atoms with E-state index in [1.807, 2.05) is 0 Å². The van der Waals surface area contributed by atoms with Crippen molar-refractivity contribution < 1.29 is 24.9 Å². The Hall–Kier alpha value is -0.780. The molecule has 3 N–H and O–H groups in total. The molecule has 0 spiro atoms. The molecule has 0 saturated carbocycles. The molecule has 0 aliphatic heterocycles. The van der Waals surface area contributed by atoms with Crippen molar-refractivity contribution in [3.05, 3.63) is 0 Å². The molecule has 5 nitrogen and oxygen atoms in total. The van der Waals surface area contributed by atoms with Gasteiger partial charge in [0.1, 0.15) is 6.10 Å². The van der Waals surface area contributed by atoms with Crippen LogP contribution in [0.4, 0.5) is 0 Å². The molecule has 286 valence electrons. The Kier molecular flexibility index (Phi) is 35.4. The third kappa shape index (κ3) is 27.0. The third-order valence-corrected chi connectivity index (χ3v) is 10.5. The maximum Gasteiger partial charge on any atom is 0.209 e. The predicted molar refractivity (Wildman–Crippen MR) is 206 cm³/mol. The molecule has 0 amide bonds. The molecule has 0 heterocycles. The smallest absolute Gasteiger partial charge is 0.209 e. The molecule has 48 heavy (non-hydrogen) atoms. The van der Waals surface area contributed by atoms with E-state index in [0.717, 1.165) is 38.5 Å². The normalized spacial score (nSPS) is 12.5. The zero-order valence-corrected chi connectivity index (χ0v) is 32.4. The Bertz CT molecular complexity index is 643. The molecule has 0 aromatic heterocycles. The SMILES string of the molecule is CCCCCCCCCCCCCCCCCCCC(=O)C(O)(C(=O)CCCCCCCCCCCCCCCCCCC)[C@@H](O)CO. The molecule has 0 bridgehead atoms. The average molecular weight is 681 g/mol. The van der Waals surface area contributed by atoms with Crippen molar-refractivity contribution in [3.8, 4) is 0 Å². The minimum absolute atomic E-state index is 0.0664. The van der Waals surface area contributed by atoms with E-state index in [1.165, 1.54) is 167 Å². The molecular weight excluding hydrogens is 596 g/mol. The molecule has 5 heteroatoms. The summed E-state index contributed by atoms with van der Waals surface area (Å²) in [6.07, 6.45) is 40.9. The Morgan fingerprint density at radius 3 is 0.771 bits per heavy atom. The van der Waals surface area contributed by atoms with Crippen LogP contribution in [0.5, 0.6) is 0 Å². The largest absolute Gasteiger partial charge is 0.394 e. The van der Waals surface area contributed by atoms with Gasteiger partial charge in [-0.15, -0.1) is 0 Å². The fourth-order valence-corrected chi connectivity index (χ4v) is 7.06. The predicted octanol–water partition coefficient (Wildman–Crippen LogP) is 12.3. The number of carbonyl (C=O) groups is 2. The minimum Gasteiger partial charge on any atom is -0.394 e. The van der Waals surface area contributed by atoms with E-state index in [-0.39, 0.29) is 12.8 Å². The lowest BCUT2D eigenvalue weighted by molar-refractivity contribution is -0.166. The van der Waals surface area contributed by atoms with Crippen LogP contribution in [0.2, 0.25) is 0 Å². The van der Waals surface area contributed by atoms with Gasteiger partial charge in [-0.05, 0) is 12.8 Å². The second kappa shape index (κ2) is 36.0. The Morgan fingerprint density at radius 1 is 0.396 bits per heavy atom. The van der Waals surface area contributed by atoms with Gasteiger partial charge in [-0.1, -0.05) is 219 Å². The summed E-state index contributed by atoms with van der Waals surface area (Å²) in [5.74, 6) is -1.27. The number of aliphatic hydroxyl groups is 3. The second-order valence-corrected chi connectivity index (χ2v) is 15.1. The number of rotatable bonds is 40. The van der Waals surface area contributed by atoms with Gasteiger partial charge in [0.2, 0.25) is 5.60 Å². The van der Waals surface area contributed by atoms with Gasteiger partial charge in [0, 0.05) is 12.8 Å². The zero-order valence-electron chi connectivity index (χ0n) is 32.4. The zero-order chi connectivity index (χ0) is 35.4. The first-order valence-corrected chi connectivity index (χ1v) is 21.5. The van der Waals surface area contributed by atoms with Gasteiger partial charge >= 0.3 is 0 Å². The second-order valence-electron chi connectivity index (χ2n) is 15.1. The van der Waals surface area contributed by atoms with E-state index in [9.17, 15) is 24.9 Å². The van der Waals surface area contributed by atoms with Crippen molar-refractivity contribution in [3.63, 3.8) is 0 Å². The van der Waals surface area contributed by atoms with Crippen molar-refractivity contribution in [1.29, 1.82) is 0 Å². The lowest BCUT2D eigenvalue weighted by atomic mass is 9.82. The standard InChI is InChI=1S/C43H84O5/c1-3-5-7-9-11-13-15-17-19-21-23-25-27-29-31-33-35-37-40(45)43(48,42(47)39-44)41(46)38-36-34-32-30-28-26-24-22-20-18-16-14-12-10-8-6-4-2/h42,44,47-48H,3-39H2,1-2H3/t42-/m0/s1. The van der Waals surface area contributed by atoms with Crippen LogP contribution in [0.15, 0.2) is 0 Å². The van der Waals surface area contributed by atoms with E-state index in [0.29, 0.717) is 12.8 Å². The highest BCUT2D eigenvalue weighted by atomic mass is 16.4. The molecule has 0 fully saturated rings. The highest BCUT2D eigenvalue weighted by molar-refractivity contribution is 6.10. The lowest BCUT2D eigenvalue weighted by Crippen LogP contribution is -2.57. The van der Waals surface area contributed by atoms with Crippen LogP contribution in [0.3, 0.4) is 0 Å². The van der Waals surface area contributed by atoms with Gasteiger partial charge in [-0.3, -0.25) is 9.59 Å². The van der Waals surface area contributed by atoms with Crippen LogP contribution in [-0.2, 0) is 9.59 Å². The van der Waals surface area contributed by atoms with Crippen LogP contribution in [0.25, 0.3) is 0 Å². The Balaban J connectivity index is 3.85. The monoisotopic (exact) mass is 681 g/mol. The van der Waals surface area contributed by atoms with Crippen molar-refractivity contribution in [2.45, 2.75) is 257 Å². The van der Waals surface area contributed by atoms with Crippen LogP contribution in [0.1, 0.15) is 245 Å². The van der Waals surface area contributed by atoms with Gasteiger partial charge in [0.05, 0.1) is 6.61 Å². The quantitative estimate of drug-likeness (QED) is 0.0442. The van der Waals surface area contributed by atoms with Crippen LogP contribution < -0.4 is 0 Å². The molecule has 1 atom stereocenters. The molecule has 0 saturated heterocycles. The van der Waals surface area contributed by atoms with Gasteiger partial charge in [-0.25, -0.2) is 0 Å². The van der Waals surface area contributed by atoms with E-state index < -0.39 is 29.9 Å². The molecular formula is C43H84O5. The van der Waals surface area contributed by atoms with Gasteiger partial charge in [0.25, 0.3) is 0 Å². The first-order valence-electron chi connectivity index (χ1n) is 21.5. The maximum atomic E-state index is 12.9. The van der Waals surface area contributed by atoms with Gasteiger partial charge in [0.15, 0.2) is 11.6 Å². The summed E-state index contributed by atoms with van der Waals surface area (Å²) in [7, 11) is 0. The number of ketones is 2. The molecule has 0 rings (SSSR count). The van der Waals surface area contributed by atoms with Gasteiger partial charge < -0.3 is 15.3 Å². The molecule has 0 aromatic rings. The Morgan fingerprint density at radius 2 is 0.583 bits per heavy atom. The lowest BCUT2D eigenvalue weighted by Gasteiger charge is -2.29. The number of hydrogen-bond acceptors (Lipinski definition) is 5. The highest BCUT2D eigenvalue weighted by Crippen LogP contribution is 2.23. The van der Waals surface area contributed by atoms with Crippen LogP contribution in [0, 0.1) is 0 Å². The van der Waals surface area contributed by atoms with Crippen LogP contribution >= 0.6 is 0 Å². The number of Topliss-reactive ketones (excluding diaryl/α,β-unsaturated/α-hetero) is 2. The summed E-state index contributed by atoms with van der Waals surface area (Å²) in [5, 5.41) is 30.7. The van der Waals surface area contributed by atoms with E-state index in [2.05, 4.69) is 13.8 Å². The van der Waals surface area contributed by atoms with Gasteiger partial charge in [-0.2, -0.15) is 0 Å². The van der Waals surface area contributed by atoms with Crippen molar-refractivity contribution in [1.82, 2.24) is 0 Å². The summed E-state index contributed by atoms with van der Waals surface area (Å²) in [4.78, 5) is 25.8. The van der Waals surface area contributed by atoms with Crippen LogP contribution in [-0.4, -0.2) is 45.2 Å². The fourth-order valence-electron chi connectivity index (χ4n) is 7.06. The molecule has 0 unspecified atom stereocenters. The summed E-state index contributed by atoms with van der Waals surface area (Å²) in [5.41, 5.74) is -2.47. The first-order chi connectivity index (χ1) is 23.4. The van der Waals surface area contributed by atoms with E-state index in [4.69, 9.17) is 0 Å². The van der Waals surface area contributed by atoms with E-state index in [1.54, 1.807) is 0 Å². The molecule has 0 aromatic carbocycles. The molecule has 0 aliphatic rings. The number of aliphatic hydroxyl groups excluding tert-OH is 2. The molecule has 0 radical (unpaired) electrons. The molecule has 0 aliphatic carbocycles. The summed E-state index contributed by atoms with van der Waals surface area (Å²) in [6, 6.07) is 0. The third-order valence-electron chi connectivity index (χ3n) is 10.5. The summed E-state index contributed by atoms with van der Waals surface area (Å²) in [6.45, 7) is 3.74. The Labute approximate surface area is 299 Å². The average Bonchev–Trinajstić information content (AvgIpc) is 3.09. The number of unbranched alkanes of at least 4 members (excludes halogenated alkanes) is 32. The first kappa shape index (κ1) is 47.2. The van der Waals surface area contributed by atoms with Crippen molar-refractivity contribution in [2.24, 2.45) is 0 Å². The number of hydrogen-bond donors (Lipinski definition) is 3. The van der Waals surface area contributed by atoms with Crippen molar-refractivity contribution >= 4 is 11.6 Å². The summed E-state index contributed by atoms with van der Waals surface area (Å²) >= 11 is 0. The summed E-state index contributed by atoms with van der Waals surface area (Å²) < 4.78 is 0. The highest BCUT2D eigenvalue weighted by Gasteiger charge is 2.48. The van der Waals surface area contributed by atoms with E-state index >= 15 is 0 Å². The fraction of sp³-hybridized carbons (Fsp3) is 0.953.